The van der Waals surface area contributed by atoms with E-state index in [1.807, 2.05) is 0 Å². The summed E-state index contributed by atoms with van der Waals surface area (Å²) in [5.74, 6) is 0. The third-order valence-electron chi connectivity index (χ3n) is 3.53. The van der Waals surface area contributed by atoms with Crippen LogP contribution in [0, 0.1) is 0 Å². The molecule has 0 radical (unpaired) electrons. The van der Waals surface area contributed by atoms with Crippen LogP contribution < -0.4 is 5.73 Å². The molecule has 0 atom stereocenters. The number of likely N-dealkylation sites (N-methyl/N-ethyl adjacent to an activating group) is 1. The maximum atomic E-state index is 5.82. The number of hydrogen-bond acceptors (Lipinski definition) is 4. The third-order valence-corrected chi connectivity index (χ3v) is 3.53. The first-order chi connectivity index (χ1) is 7.60. The topological polar surface area (TPSA) is 41.7 Å². The fraction of sp³-hybridized carbons (Fsp3) is 1.00. The molecule has 1 rings (SSSR count). The van der Waals surface area contributed by atoms with Gasteiger partial charge in [0, 0.05) is 38.3 Å². The zero-order valence-electron chi connectivity index (χ0n) is 11.0. The molecule has 0 saturated carbocycles. The van der Waals surface area contributed by atoms with Gasteiger partial charge in [-0.15, -0.1) is 0 Å². The van der Waals surface area contributed by atoms with Gasteiger partial charge in [-0.05, 0) is 20.4 Å². The van der Waals surface area contributed by atoms with E-state index in [0.717, 1.165) is 45.9 Å². The van der Waals surface area contributed by atoms with Crippen molar-refractivity contribution in [3.8, 4) is 0 Å². The van der Waals surface area contributed by atoms with Gasteiger partial charge in [-0.1, -0.05) is 6.92 Å². The Hall–Kier alpha value is -0.160. The molecule has 1 saturated heterocycles. The van der Waals surface area contributed by atoms with Gasteiger partial charge in [-0.3, -0.25) is 9.80 Å². The predicted molar refractivity (Wildman–Crippen MR) is 67.6 cm³/mol. The lowest BCUT2D eigenvalue weighted by Crippen LogP contribution is -2.52. The van der Waals surface area contributed by atoms with Crippen LogP contribution in [0.25, 0.3) is 0 Å². The average Bonchev–Trinajstić information content (AvgIpc) is 2.31. The highest BCUT2D eigenvalue weighted by Gasteiger charge is 2.24. The molecular formula is C12H27N3O. The lowest BCUT2D eigenvalue weighted by Gasteiger charge is -2.38. The van der Waals surface area contributed by atoms with Gasteiger partial charge in [0.25, 0.3) is 0 Å². The number of ether oxygens (including phenoxy) is 1. The number of nitrogens with two attached hydrogens (primary N) is 1. The average molecular weight is 229 g/mol. The van der Waals surface area contributed by atoms with E-state index in [1.54, 1.807) is 0 Å². The van der Waals surface area contributed by atoms with Crippen LogP contribution in [0.3, 0.4) is 0 Å². The molecule has 0 spiro atoms. The molecular weight excluding hydrogens is 202 g/mol. The third kappa shape index (κ3) is 4.01. The molecule has 16 heavy (non-hydrogen) atoms. The second-order valence-electron chi connectivity index (χ2n) is 5.05. The molecule has 0 aliphatic carbocycles. The van der Waals surface area contributed by atoms with Crippen molar-refractivity contribution in [3.63, 3.8) is 0 Å². The van der Waals surface area contributed by atoms with Crippen molar-refractivity contribution in [2.45, 2.75) is 26.3 Å². The number of nitrogens with zero attached hydrogens (tertiary/aromatic N) is 2. The summed E-state index contributed by atoms with van der Waals surface area (Å²) in [6.45, 7) is 14.5. The molecule has 4 nitrogen and oxygen atoms in total. The van der Waals surface area contributed by atoms with Gasteiger partial charge < -0.3 is 10.5 Å². The summed E-state index contributed by atoms with van der Waals surface area (Å²) in [7, 11) is 0. The summed E-state index contributed by atoms with van der Waals surface area (Å²) in [6.07, 6.45) is 0. The molecule has 4 heteroatoms. The first-order valence-electron chi connectivity index (χ1n) is 6.35. The molecule has 0 aromatic rings. The van der Waals surface area contributed by atoms with E-state index >= 15 is 0 Å². The van der Waals surface area contributed by atoms with E-state index in [2.05, 4.69) is 30.6 Å². The Morgan fingerprint density at radius 2 is 1.94 bits per heavy atom. The molecule has 96 valence electrons. The lowest BCUT2D eigenvalue weighted by atomic mass is 10.0. The van der Waals surface area contributed by atoms with Crippen LogP contribution in [-0.4, -0.2) is 67.8 Å². The molecule has 1 aliphatic heterocycles. The first kappa shape index (κ1) is 13.9. The van der Waals surface area contributed by atoms with Gasteiger partial charge >= 0.3 is 0 Å². The van der Waals surface area contributed by atoms with Crippen LogP contribution in [0.15, 0.2) is 0 Å². The number of rotatable bonds is 6. The van der Waals surface area contributed by atoms with Gasteiger partial charge in [0.15, 0.2) is 0 Å². The van der Waals surface area contributed by atoms with Gasteiger partial charge in [0.2, 0.25) is 0 Å². The minimum Gasteiger partial charge on any atom is -0.379 e. The van der Waals surface area contributed by atoms with E-state index in [9.17, 15) is 0 Å². The van der Waals surface area contributed by atoms with Crippen molar-refractivity contribution in [3.05, 3.63) is 0 Å². The fourth-order valence-electron chi connectivity index (χ4n) is 2.10. The van der Waals surface area contributed by atoms with Gasteiger partial charge in [0.05, 0.1) is 13.2 Å². The minimum absolute atomic E-state index is 0.112. The second kappa shape index (κ2) is 6.55. The Labute approximate surface area is 99.7 Å². The fourth-order valence-corrected chi connectivity index (χ4v) is 2.10. The lowest BCUT2D eigenvalue weighted by molar-refractivity contribution is 0.0267. The van der Waals surface area contributed by atoms with Crippen molar-refractivity contribution in [1.29, 1.82) is 0 Å². The van der Waals surface area contributed by atoms with Crippen molar-refractivity contribution in [2.24, 2.45) is 5.73 Å². The van der Waals surface area contributed by atoms with Crippen LogP contribution in [0.2, 0.25) is 0 Å². The standard InChI is InChI=1S/C12H27N3O/c1-4-15(12(2,3)11-13)6-5-14-7-9-16-10-8-14/h4-11,13H2,1-3H3. The summed E-state index contributed by atoms with van der Waals surface area (Å²) in [6, 6.07) is 0. The van der Waals surface area contributed by atoms with Crippen molar-refractivity contribution >= 4 is 0 Å². The van der Waals surface area contributed by atoms with Crippen LogP contribution in [-0.2, 0) is 4.74 Å². The Bertz CT molecular complexity index is 191. The Balaban J connectivity index is 2.32. The first-order valence-corrected chi connectivity index (χ1v) is 6.35. The van der Waals surface area contributed by atoms with Gasteiger partial charge in [0.1, 0.15) is 0 Å². The maximum Gasteiger partial charge on any atom is 0.0594 e. The smallest absolute Gasteiger partial charge is 0.0594 e. The summed E-state index contributed by atoms with van der Waals surface area (Å²) in [4.78, 5) is 4.93. The molecule has 0 aromatic carbocycles. The summed E-state index contributed by atoms with van der Waals surface area (Å²) >= 11 is 0. The Kier molecular flexibility index (Phi) is 5.69. The van der Waals surface area contributed by atoms with E-state index < -0.39 is 0 Å². The van der Waals surface area contributed by atoms with Crippen LogP contribution in [0.1, 0.15) is 20.8 Å². The molecule has 0 aromatic heterocycles. The minimum atomic E-state index is 0.112. The van der Waals surface area contributed by atoms with E-state index in [-0.39, 0.29) is 5.54 Å². The highest BCUT2D eigenvalue weighted by atomic mass is 16.5. The van der Waals surface area contributed by atoms with Gasteiger partial charge in [-0.25, -0.2) is 0 Å². The largest absolute Gasteiger partial charge is 0.379 e. The van der Waals surface area contributed by atoms with Crippen LogP contribution in [0.5, 0.6) is 0 Å². The number of morpholine rings is 1. The SMILES string of the molecule is CCN(CCN1CCOCC1)C(C)(C)CN. The molecule has 1 aliphatic rings. The normalized spacial score (nSPS) is 19.3. The van der Waals surface area contributed by atoms with Crippen LogP contribution in [0.4, 0.5) is 0 Å². The zero-order valence-corrected chi connectivity index (χ0v) is 11.0. The Morgan fingerprint density at radius 3 is 2.44 bits per heavy atom. The predicted octanol–water partition coefficient (Wildman–Crippen LogP) is 0.378. The van der Waals surface area contributed by atoms with E-state index in [1.165, 1.54) is 0 Å². The second-order valence-corrected chi connectivity index (χ2v) is 5.05. The van der Waals surface area contributed by atoms with Crippen molar-refractivity contribution < 1.29 is 4.74 Å². The molecule has 0 bridgehead atoms. The molecule has 1 fully saturated rings. The Morgan fingerprint density at radius 1 is 1.31 bits per heavy atom. The van der Waals surface area contributed by atoms with Crippen molar-refractivity contribution in [1.82, 2.24) is 9.80 Å². The summed E-state index contributed by atoms with van der Waals surface area (Å²) in [5.41, 5.74) is 5.93. The summed E-state index contributed by atoms with van der Waals surface area (Å²) in [5, 5.41) is 0. The highest BCUT2D eigenvalue weighted by molar-refractivity contribution is 4.82. The van der Waals surface area contributed by atoms with Crippen molar-refractivity contribution in [2.75, 3.05) is 52.5 Å². The monoisotopic (exact) mass is 229 g/mol. The van der Waals surface area contributed by atoms with E-state index in [0.29, 0.717) is 6.54 Å². The van der Waals surface area contributed by atoms with Gasteiger partial charge in [-0.2, -0.15) is 0 Å². The zero-order chi connectivity index (χ0) is 12.0. The molecule has 1 heterocycles. The highest BCUT2D eigenvalue weighted by Crippen LogP contribution is 2.12. The van der Waals surface area contributed by atoms with Crippen LogP contribution >= 0.6 is 0 Å². The quantitative estimate of drug-likeness (QED) is 0.715. The summed E-state index contributed by atoms with van der Waals surface area (Å²) < 4.78 is 5.35. The molecule has 0 amide bonds. The van der Waals surface area contributed by atoms with E-state index in [4.69, 9.17) is 10.5 Å². The maximum absolute atomic E-state index is 5.82. The molecule has 0 unspecified atom stereocenters. The molecule has 2 N–H and O–H groups in total. The number of hydrogen-bond donors (Lipinski definition) is 1.